The molecule has 0 aliphatic heterocycles. The predicted molar refractivity (Wildman–Crippen MR) is 69.8 cm³/mol. The third-order valence-electron chi connectivity index (χ3n) is 2.69. The van der Waals surface area contributed by atoms with E-state index in [9.17, 15) is 9.90 Å². The monoisotopic (exact) mass is 240 g/mol. The van der Waals surface area contributed by atoms with Crippen molar-refractivity contribution in [2.75, 3.05) is 0 Å². The quantitative estimate of drug-likeness (QED) is 0.859. The topological polar surface area (TPSA) is 63.3 Å². The van der Waals surface area contributed by atoms with E-state index in [1.165, 1.54) is 0 Å². The number of carbonyl (C=O) groups is 1. The van der Waals surface area contributed by atoms with E-state index >= 15 is 0 Å². The second kappa shape index (κ2) is 5.47. The summed E-state index contributed by atoms with van der Waals surface area (Å²) in [6.45, 7) is 0. The molecule has 1 amide bonds. The molecule has 3 nitrogen and oxygen atoms in total. The first kappa shape index (κ1) is 12.3. The van der Waals surface area contributed by atoms with E-state index < -0.39 is 12.0 Å². The van der Waals surface area contributed by atoms with E-state index in [1.54, 1.807) is 30.7 Å². The van der Waals surface area contributed by atoms with E-state index in [-0.39, 0.29) is 0 Å². The van der Waals surface area contributed by atoms with Gasteiger partial charge in [-0.3, -0.25) is 4.79 Å². The molecule has 1 atom stereocenters. The zero-order valence-electron chi connectivity index (χ0n) is 9.78. The Kier molecular flexibility index (Phi) is 3.75. The van der Waals surface area contributed by atoms with Gasteiger partial charge < -0.3 is 10.8 Å². The van der Waals surface area contributed by atoms with Crippen LogP contribution >= 0.6 is 0 Å². The van der Waals surface area contributed by atoms with Crippen molar-refractivity contribution in [3.05, 3.63) is 77.7 Å². The smallest absolute Gasteiger partial charge is 0.249 e. The molecule has 0 fully saturated rings. The van der Waals surface area contributed by atoms with Crippen LogP contribution in [0.15, 0.2) is 54.6 Å². The fourth-order valence-corrected chi connectivity index (χ4v) is 1.82. The number of amides is 1. The molecule has 0 saturated heterocycles. The fourth-order valence-electron chi connectivity index (χ4n) is 1.82. The zero-order chi connectivity index (χ0) is 13.0. The van der Waals surface area contributed by atoms with Crippen LogP contribution < -0.4 is 5.73 Å². The van der Waals surface area contributed by atoms with Crippen molar-refractivity contribution in [1.29, 1.82) is 0 Å². The first-order chi connectivity index (χ1) is 8.68. The minimum absolute atomic E-state index is 0.345. The van der Waals surface area contributed by atoms with Gasteiger partial charge >= 0.3 is 0 Å². The zero-order valence-corrected chi connectivity index (χ0v) is 9.78. The molecule has 0 heterocycles. The third kappa shape index (κ3) is 2.76. The molecule has 2 aromatic rings. The standard InChI is InChI=1S/C15H14NO2/c16-15(18)13-9-5-4-8-12(13)14(17)10-11-6-2-1-3-7-11/h1-10,14,17H,(H2,16,18)/t14-/m0/s1. The largest absolute Gasteiger partial charge is 0.388 e. The van der Waals surface area contributed by atoms with Crippen LogP contribution in [0.1, 0.15) is 27.6 Å². The Labute approximate surface area is 106 Å². The van der Waals surface area contributed by atoms with E-state index in [0.717, 1.165) is 5.56 Å². The lowest BCUT2D eigenvalue weighted by atomic mass is 9.97. The Morgan fingerprint density at radius 1 is 1.06 bits per heavy atom. The molecule has 0 unspecified atom stereocenters. The molecular weight excluding hydrogens is 226 g/mol. The molecule has 3 heteroatoms. The van der Waals surface area contributed by atoms with Crippen molar-refractivity contribution in [1.82, 2.24) is 0 Å². The number of carbonyl (C=O) groups excluding carboxylic acids is 1. The van der Waals surface area contributed by atoms with Gasteiger partial charge in [0.2, 0.25) is 5.91 Å². The van der Waals surface area contributed by atoms with E-state index in [2.05, 4.69) is 0 Å². The van der Waals surface area contributed by atoms with Crippen LogP contribution in [0.5, 0.6) is 0 Å². The Balaban J connectivity index is 2.24. The molecule has 0 bridgehead atoms. The number of rotatable bonds is 4. The summed E-state index contributed by atoms with van der Waals surface area (Å²) < 4.78 is 0. The normalized spacial score (nSPS) is 12.1. The van der Waals surface area contributed by atoms with Gasteiger partial charge in [0.15, 0.2) is 0 Å². The first-order valence-corrected chi connectivity index (χ1v) is 5.65. The molecule has 18 heavy (non-hydrogen) atoms. The highest BCUT2D eigenvalue weighted by Gasteiger charge is 2.15. The molecule has 91 valence electrons. The Bertz CT molecular complexity index is 537. The molecule has 0 saturated carbocycles. The summed E-state index contributed by atoms with van der Waals surface area (Å²) in [4.78, 5) is 11.3. The molecule has 3 N–H and O–H groups in total. The van der Waals surface area contributed by atoms with Gasteiger partial charge in [-0.15, -0.1) is 0 Å². The number of hydrogen-bond donors (Lipinski definition) is 2. The first-order valence-electron chi connectivity index (χ1n) is 5.65. The molecule has 0 aliphatic rings. The molecule has 1 radical (unpaired) electrons. The summed E-state index contributed by atoms with van der Waals surface area (Å²) in [6.07, 6.45) is 0.831. The molecular formula is C15H14NO2. The van der Waals surface area contributed by atoms with Crippen LogP contribution in [-0.2, 0) is 0 Å². The van der Waals surface area contributed by atoms with Gasteiger partial charge in [0.05, 0.1) is 6.10 Å². The highest BCUT2D eigenvalue weighted by Crippen LogP contribution is 2.23. The van der Waals surface area contributed by atoms with Crippen molar-refractivity contribution >= 4 is 5.91 Å². The summed E-state index contributed by atoms with van der Waals surface area (Å²) in [7, 11) is 0. The number of hydrogen-bond acceptors (Lipinski definition) is 2. The lowest BCUT2D eigenvalue weighted by Gasteiger charge is -2.13. The maximum Gasteiger partial charge on any atom is 0.249 e. The van der Waals surface area contributed by atoms with Gasteiger partial charge in [0.1, 0.15) is 0 Å². The number of aliphatic hydroxyl groups is 1. The average Bonchev–Trinajstić information content (AvgIpc) is 2.40. The lowest BCUT2D eigenvalue weighted by Crippen LogP contribution is -2.15. The van der Waals surface area contributed by atoms with E-state index in [1.807, 2.05) is 30.3 Å². The van der Waals surface area contributed by atoms with Crippen LogP contribution in [0.4, 0.5) is 0 Å². The van der Waals surface area contributed by atoms with Crippen LogP contribution in [0.2, 0.25) is 0 Å². The van der Waals surface area contributed by atoms with Crippen LogP contribution in [-0.4, -0.2) is 11.0 Å². The van der Waals surface area contributed by atoms with E-state index in [0.29, 0.717) is 11.1 Å². The average molecular weight is 240 g/mol. The SMILES string of the molecule is NC(=O)c1ccccc1[C@@H](O)[CH]c1ccccc1. The van der Waals surface area contributed by atoms with Crippen LogP contribution in [0.25, 0.3) is 0 Å². The summed E-state index contributed by atoms with van der Waals surface area (Å²) in [6, 6.07) is 16.2. The van der Waals surface area contributed by atoms with Gasteiger partial charge in [-0.1, -0.05) is 48.5 Å². The van der Waals surface area contributed by atoms with E-state index in [4.69, 9.17) is 5.73 Å². The minimum Gasteiger partial charge on any atom is -0.388 e. The summed E-state index contributed by atoms with van der Waals surface area (Å²) >= 11 is 0. The number of primary amides is 1. The van der Waals surface area contributed by atoms with Crippen molar-refractivity contribution in [3.8, 4) is 0 Å². The summed E-state index contributed by atoms with van der Waals surface area (Å²) in [5.74, 6) is -0.536. The molecule has 2 rings (SSSR count). The highest BCUT2D eigenvalue weighted by molar-refractivity contribution is 5.94. The Morgan fingerprint density at radius 2 is 1.67 bits per heavy atom. The second-order valence-corrected chi connectivity index (χ2v) is 3.97. The predicted octanol–water partition coefficient (Wildman–Crippen LogP) is 2.07. The number of nitrogens with two attached hydrogens (primary N) is 1. The fraction of sp³-hybridized carbons (Fsp3) is 0.0667. The van der Waals surface area contributed by atoms with Gasteiger partial charge in [-0.25, -0.2) is 0 Å². The van der Waals surface area contributed by atoms with Crippen molar-refractivity contribution in [2.45, 2.75) is 6.10 Å². The second-order valence-electron chi connectivity index (χ2n) is 3.97. The maximum absolute atomic E-state index is 11.3. The summed E-state index contributed by atoms with van der Waals surface area (Å²) in [5.41, 5.74) is 7.04. The van der Waals surface area contributed by atoms with Crippen molar-refractivity contribution in [3.63, 3.8) is 0 Å². The number of benzene rings is 2. The molecule has 2 aromatic carbocycles. The Hall–Kier alpha value is -2.13. The van der Waals surface area contributed by atoms with Gasteiger partial charge in [-0.2, -0.15) is 0 Å². The Morgan fingerprint density at radius 3 is 2.33 bits per heavy atom. The van der Waals surface area contributed by atoms with Crippen LogP contribution in [0, 0.1) is 6.42 Å². The molecule has 0 aliphatic carbocycles. The lowest BCUT2D eigenvalue weighted by molar-refractivity contribution is 0.0995. The maximum atomic E-state index is 11.3. The highest BCUT2D eigenvalue weighted by atomic mass is 16.3. The third-order valence-corrected chi connectivity index (χ3v) is 2.69. The molecule has 0 aromatic heterocycles. The van der Waals surface area contributed by atoms with Crippen LogP contribution in [0.3, 0.4) is 0 Å². The van der Waals surface area contributed by atoms with Crippen molar-refractivity contribution < 1.29 is 9.90 Å². The summed E-state index contributed by atoms with van der Waals surface area (Å²) in [5, 5.41) is 10.1. The minimum atomic E-state index is -0.851. The number of aliphatic hydroxyl groups excluding tert-OH is 1. The van der Waals surface area contributed by atoms with Gasteiger partial charge in [0, 0.05) is 12.0 Å². The molecule has 0 spiro atoms. The van der Waals surface area contributed by atoms with Crippen molar-refractivity contribution in [2.24, 2.45) is 5.73 Å². The van der Waals surface area contributed by atoms with Gasteiger partial charge in [0.25, 0.3) is 0 Å². The van der Waals surface area contributed by atoms with Gasteiger partial charge in [-0.05, 0) is 17.2 Å².